The highest BCUT2D eigenvalue weighted by Crippen LogP contribution is 2.25. The summed E-state index contributed by atoms with van der Waals surface area (Å²) in [6.07, 6.45) is 1.65. The normalized spacial score (nSPS) is 18.8. The summed E-state index contributed by atoms with van der Waals surface area (Å²) in [5.41, 5.74) is 6.59. The highest BCUT2D eigenvalue weighted by atomic mass is 16.5. The van der Waals surface area contributed by atoms with Gasteiger partial charge in [0.2, 0.25) is 17.7 Å². The van der Waals surface area contributed by atoms with Crippen LogP contribution in [0.1, 0.15) is 40.7 Å². The lowest BCUT2D eigenvalue weighted by Crippen LogP contribution is -2.52. The maximum atomic E-state index is 14.4. The summed E-state index contributed by atoms with van der Waals surface area (Å²) in [6.45, 7) is 0.858. The fourth-order valence-electron chi connectivity index (χ4n) is 7.46. The van der Waals surface area contributed by atoms with Crippen LogP contribution in [0.4, 0.5) is 0 Å². The molecule has 2 aliphatic heterocycles. The van der Waals surface area contributed by atoms with Crippen molar-refractivity contribution in [1.29, 1.82) is 0 Å². The van der Waals surface area contributed by atoms with E-state index in [1.54, 1.807) is 41.1 Å². The van der Waals surface area contributed by atoms with Crippen molar-refractivity contribution in [3.8, 4) is 28.0 Å². The Morgan fingerprint density at radius 2 is 1.22 bits per heavy atom. The summed E-state index contributed by atoms with van der Waals surface area (Å²) >= 11 is 0. The molecule has 4 amide bonds. The van der Waals surface area contributed by atoms with Crippen molar-refractivity contribution in [3.05, 3.63) is 150 Å². The Labute approximate surface area is 322 Å². The van der Waals surface area contributed by atoms with E-state index in [2.05, 4.69) is 22.8 Å². The van der Waals surface area contributed by atoms with Crippen molar-refractivity contribution in [3.63, 3.8) is 0 Å². The number of hydrogen-bond donors (Lipinski definition) is 2. The number of benzene rings is 5. The molecule has 1 fully saturated rings. The molecular weight excluding hydrogens is 689 g/mol. The first-order valence-electron chi connectivity index (χ1n) is 19.0. The van der Waals surface area contributed by atoms with E-state index in [1.807, 2.05) is 97.1 Å². The molecule has 280 valence electrons. The van der Waals surface area contributed by atoms with Crippen LogP contribution in [0.5, 0.6) is 5.75 Å². The average Bonchev–Trinajstić information content (AvgIpc) is 3.62. The fourth-order valence-corrected chi connectivity index (χ4v) is 7.46. The summed E-state index contributed by atoms with van der Waals surface area (Å²) in [6, 6.07) is 41.6. The van der Waals surface area contributed by atoms with Crippen molar-refractivity contribution < 1.29 is 23.9 Å². The molecule has 0 saturated carbocycles. The zero-order valence-electron chi connectivity index (χ0n) is 31.0. The Kier molecular flexibility index (Phi) is 11.7. The Hall–Kier alpha value is -6.22. The summed E-state index contributed by atoms with van der Waals surface area (Å²) in [7, 11) is 1.73. The van der Waals surface area contributed by atoms with E-state index in [9.17, 15) is 19.2 Å². The highest BCUT2D eigenvalue weighted by molar-refractivity contribution is 5.94. The molecule has 0 spiro atoms. The molecule has 2 N–H and O–H groups in total. The smallest absolute Gasteiger partial charge is 0.253 e. The molecule has 0 aromatic heterocycles. The quantitative estimate of drug-likeness (QED) is 0.194. The molecule has 0 unspecified atom stereocenters. The van der Waals surface area contributed by atoms with E-state index in [4.69, 9.17) is 4.74 Å². The van der Waals surface area contributed by atoms with Crippen molar-refractivity contribution in [1.82, 2.24) is 20.4 Å². The van der Waals surface area contributed by atoms with Crippen LogP contribution in [-0.2, 0) is 27.2 Å². The molecule has 2 bridgehead atoms. The standard InChI is InChI=1S/C46H46N4O5/c1-49-25-9-16-42(48-44(52)27-33-19-23-37(24-20-33)35-12-6-3-7-13-35)46(54)50-30-39(29-40(50)31-55-41-15-8-14-38(28-41)45(49)53)47-43(51)26-32-17-21-36(22-18-32)34-10-4-2-5-11-34/h2-8,10-15,17-24,28,39-40,42H,9,16,25-27,29-31H2,1H3,(H,47,51)(H,48,52)/t39-,40-,42-/m0/s1. The summed E-state index contributed by atoms with van der Waals surface area (Å²) in [5.74, 6) is -0.239. The summed E-state index contributed by atoms with van der Waals surface area (Å²) in [5, 5.41) is 6.19. The first-order chi connectivity index (χ1) is 26.8. The minimum atomic E-state index is -0.819. The van der Waals surface area contributed by atoms with E-state index in [0.717, 1.165) is 33.4 Å². The third kappa shape index (κ3) is 9.48. The number of rotatable bonds is 8. The van der Waals surface area contributed by atoms with Crippen LogP contribution in [-0.4, -0.2) is 78.3 Å². The van der Waals surface area contributed by atoms with Crippen LogP contribution in [0.3, 0.4) is 0 Å². The molecule has 55 heavy (non-hydrogen) atoms. The number of carbonyl (C=O) groups excluding carboxylic acids is 4. The minimum Gasteiger partial charge on any atom is -0.491 e. The molecule has 9 heteroatoms. The molecule has 2 heterocycles. The predicted octanol–water partition coefficient (Wildman–Crippen LogP) is 6.32. The van der Waals surface area contributed by atoms with Gasteiger partial charge in [0.25, 0.3) is 5.91 Å². The summed E-state index contributed by atoms with van der Waals surface area (Å²) in [4.78, 5) is 57.9. The lowest BCUT2D eigenvalue weighted by atomic mass is 10.0. The van der Waals surface area contributed by atoms with Gasteiger partial charge in [-0.3, -0.25) is 19.2 Å². The third-order valence-corrected chi connectivity index (χ3v) is 10.4. The first-order valence-corrected chi connectivity index (χ1v) is 19.0. The second-order valence-corrected chi connectivity index (χ2v) is 14.5. The predicted molar refractivity (Wildman–Crippen MR) is 213 cm³/mol. The van der Waals surface area contributed by atoms with Gasteiger partial charge in [0.1, 0.15) is 18.4 Å². The molecule has 5 aromatic carbocycles. The van der Waals surface area contributed by atoms with Crippen molar-refractivity contribution >= 4 is 23.6 Å². The maximum absolute atomic E-state index is 14.4. The van der Waals surface area contributed by atoms with Gasteiger partial charge in [-0.25, -0.2) is 0 Å². The van der Waals surface area contributed by atoms with Gasteiger partial charge in [-0.1, -0.05) is 115 Å². The van der Waals surface area contributed by atoms with E-state index in [-0.39, 0.29) is 61.7 Å². The SMILES string of the molecule is CN1CCC[C@H](NC(=O)Cc2ccc(-c3ccccc3)cc2)C(=O)N2C[C@@H](NC(=O)Cc3ccc(-c4ccccc4)cc3)C[C@H]2COc2cccc(c2)C1=O. The second kappa shape index (κ2) is 17.3. The van der Waals surface area contributed by atoms with Crippen LogP contribution in [0, 0.1) is 0 Å². The Morgan fingerprint density at radius 3 is 1.82 bits per heavy atom. The summed E-state index contributed by atoms with van der Waals surface area (Å²) < 4.78 is 6.21. The minimum absolute atomic E-state index is 0.115. The monoisotopic (exact) mass is 734 g/mol. The zero-order valence-corrected chi connectivity index (χ0v) is 31.0. The van der Waals surface area contributed by atoms with Crippen LogP contribution < -0.4 is 15.4 Å². The molecule has 5 aromatic rings. The largest absolute Gasteiger partial charge is 0.491 e. The molecule has 9 nitrogen and oxygen atoms in total. The van der Waals surface area contributed by atoms with Crippen LogP contribution in [0.2, 0.25) is 0 Å². The average molecular weight is 735 g/mol. The lowest BCUT2D eigenvalue weighted by Gasteiger charge is -2.30. The first kappa shape index (κ1) is 37.1. The van der Waals surface area contributed by atoms with Gasteiger partial charge in [0.15, 0.2) is 0 Å². The number of ether oxygens (including phenoxy) is 1. The van der Waals surface area contributed by atoms with Gasteiger partial charge < -0.3 is 25.2 Å². The molecule has 0 radical (unpaired) electrons. The lowest BCUT2D eigenvalue weighted by molar-refractivity contribution is -0.138. The number of carbonyl (C=O) groups is 4. The number of hydrogen-bond acceptors (Lipinski definition) is 5. The Balaban J connectivity index is 1.05. The van der Waals surface area contributed by atoms with Gasteiger partial charge >= 0.3 is 0 Å². The van der Waals surface area contributed by atoms with Gasteiger partial charge in [0.05, 0.1) is 18.9 Å². The van der Waals surface area contributed by atoms with Gasteiger partial charge in [-0.15, -0.1) is 0 Å². The molecule has 3 atom stereocenters. The zero-order chi connectivity index (χ0) is 38.1. The van der Waals surface area contributed by atoms with Crippen LogP contribution in [0.25, 0.3) is 22.3 Å². The van der Waals surface area contributed by atoms with Crippen molar-refractivity contribution in [2.45, 2.75) is 50.2 Å². The van der Waals surface area contributed by atoms with E-state index >= 15 is 0 Å². The molecule has 1 saturated heterocycles. The van der Waals surface area contributed by atoms with Gasteiger partial charge in [-0.05, 0) is 70.8 Å². The maximum Gasteiger partial charge on any atom is 0.253 e. The molecular formula is C46H46N4O5. The van der Waals surface area contributed by atoms with Gasteiger partial charge in [0, 0.05) is 31.7 Å². The second-order valence-electron chi connectivity index (χ2n) is 14.5. The van der Waals surface area contributed by atoms with E-state index in [1.165, 1.54) is 0 Å². The number of amides is 4. The van der Waals surface area contributed by atoms with Crippen LogP contribution in [0.15, 0.2) is 133 Å². The number of nitrogens with one attached hydrogen (secondary N) is 2. The molecule has 2 aliphatic rings. The fraction of sp³-hybridized carbons (Fsp3) is 0.261. The number of fused-ring (bicyclic) bond motifs is 3. The van der Waals surface area contributed by atoms with E-state index < -0.39 is 6.04 Å². The highest BCUT2D eigenvalue weighted by Gasteiger charge is 2.39. The van der Waals surface area contributed by atoms with Gasteiger partial charge in [-0.2, -0.15) is 0 Å². The third-order valence-electron chi connectivity index (χ3n) is 10.4. The Morgan fingerprint density at radius 1 is 0.673 bits per heavy atom. The van der Waals surface area contributed by atoms with Crippen molar-refractivity contribution in [2.24, 2.45) is 0 Å². The topological polar surface area (TPSA) is 108 Å². The van der Waals surface area contributed by atoms with Crippen LogP contribution >= 0.6 is 0 Å². The Bertz CT molecular complexity index is 2100. The van der Waals surface area contributed by atoms with E-state index in [0.29, 0.717) is 37.1 Å². The molecule has 7 rings (SSSR count). The number of nitrogens with zero attached hydrogens (tertiary/aromatic N) is 2. The molecule has 0 aliphatic carbocycles. The van der Waals surface area contributed by atoms with Crippen molar-refractivity contribution in [2.75, 3.05) is 26.7 Å².